The van der Waals surface area contributed by atoms with Crippen molar-refractivity contribution in [2.75, 3.05) is 46.1 Å². The van der Waals surface area contributed by atoms with Crippen LogP contribution >= 0.6 is 24.8 Å². The highest BCUT2D eigenvalue weighted by molar-refractivity contribution is 5.85. The third-order valence-corrected chi connectivity index (χ3v) is 6.18. The van der Waals surface area contributed by atoms with Crippen LogP contribution in [0.1, 0.15) is 5.56 Å². The molecule has 2 aliphatic heterocycles. The number of β-amino-alcohol motifs (C(OH)–C–C–N with tert-alkyl or cyclic N) is 1. The fraction of sp³-hybridized carbons (Fsp3) is 0.333. The lowest BCUT2D eigenvalue weighted by atomic mass is 10.1. The highest BCUT2D eigenvalue weighted by Gasteiger charge is 2.21. The first kappa shape index (κ1) is 27.1. The largest absolute Gasteiger partial charge is 0.491 e. The SMILES string of the molecule is Cl.Cl.OC(COc1ccc(-c2ccccc2)cc1)CN1CCN(Cc2ccc3c(c2)OCO3)CC1. The fourth-order valence-electron chi connectivity index (χ4n) is 4.34. The van der Waals surface area contributed by atoms with Crippen molar-refractivity contribution in [3.63, 3.8) is 0 Å². The van der Waals surface area contributed by atoms with E-state index in [1.165, 1.54) is 11.1 Å². The maximum absolute atomic E-state index is 10.5. The number of aliphatic hydroxyl groups is 1. The van der Waals surface area contributed by atoms with Crippen LogP contribution in [0.2, 0.25) is 0 Å². The van der Waals surface area contributed by atoms with Crippen LogP contribution in [-0.2, 0) is 6.54 Å². The number of ether oxygens (including phenoxy) is 3. The second kappa shape index (κ2) is 13.0. The summed E-state index contributed by atoms with van der Waals surface area (Å²) in [5.41, 5.74) is 3.57. The van der Waals surface area contributed by atoms with E-state index in [1.54, 1.807) is 0 Å². The zero-order valence-electron chi connectivity index (χ0n) is 19.5. The summed E-state index contributed by atoms with van der Waals surface area (Å²) in [6.07, 6.45) is -0.515. The van der Waals surface area contributed by atoms with Crippen LogP contribution in [0.5, 0.6) is 17.2 Å². The molecule has 35 heavy (non-hydrogen) atoms. The van der Waals surface area contributed by atoms with E-state index < -0.39 is 6.10 Å². The van der Waals surface area contributed by atoms with Gasteiger partial charge in [-0.05, 0) is 41.0 Å². The Balaban J connectivity index is 0.00000171. The van der Waals surface area contributed by atoms with Gasteiger partial charge in [0.1, 0.15) is 18.5 Å². The monoisotopic (exact) mass is 518 g/mol. The van der Waals surface area contributed by atoms with Crippen molar-refractivity contribution in [1.29, 1.82) is 0 Å². The molecule has 0 spiro atoms. The molecule has 8 heteroatoms. The van der Waals surface area contributed by atoms with Crippen LogP contribution in [0.4, 0.5) is 0 Å². The van der Waals surface area contributed by atoms with Gasteiger partial charge in [0.05, 0.1) is 0 Å². The minimum absolute atomic E-state index is 0. The van der Waals surface area contributed by atoms with Crippen molar-refractivity contribution in [2.24, 2.45) is 0 Å². The maximum Gasteiger partial charge on any atom is 0.231 e. The third-order valence-electron chi connectivity index (χ3n) is 6.18. The molecule has 6 nitrogen and oxygen atoms in total. The first-order valence-corrected chi connectivity index (χ1v) is 11.5. The fourth-order valence-corrected chi connectivity index (χ4v) is 4.34. The Labute approximate surface area is 219 Å². The summed E-state index contributed by atoms with van der Waals surface area (Å²) in [5.74, 6) is 2.44. The molecule has 1 atom stereocenters. The molecule has 2 aliphatic rings. The van der Waals surface area contributed by atoms with E-state index in [0.717, 1.165) is 55.5 Å². The summed E-state index contributed by atoms with van der Waals surface area (Å²) in [7, 11) is 0. The van der Waals surface area contributed by atoms with Crippen molar-refractivity contribution in [1.82, 2.24) is 9.80 Å². The molecular weight excluding hydrogens is 487 g/mol. The number of benzene rings is 3. The van der Waals surface area contributed by atoms with E-state index in [1.807, 2.05) is 36.4 Å². The zero-order valence-corrected chi connectivity index (χ0v) is 21.2. The Bertz CT molecular complexity index is 1040. The number of hydrogen-bond donors (Lipinski definition) is 1. The average molecular weight is 519 g/mol. The van der Waals surface area contributed by atoms with E-state index in [-0.39, 0.29) is 24.8 Å². The van der Waals surface area contributed by atoms with Gasteiger partial charge in [0.25, 0.3) is 0 Å². The van der Waals surface area contributed by atoms with Crippen molar-refractivity contribution in [3.8, 4) is 28.4 Å². The van der Waals surface area contributed by atoms with Crippen molar-refractivity contribution >= 4 is 24.8 Å². The van der Waals surface area contributed by atoms with Gasteiger partial charge in [-0.3, -0.25) is 9.80 Å². The summed E-state index contributed by atoms with van der Waals surface area (Å²) in [6.45, 7) is 5.95. The van der Waals surface area contributed by atoms with Gasteiger partial charge in [-0.15, -0.1) is 24.8 Å². The minimum atomic E-state index is -0.515. The Morgan fingerprint density at radius 2 is 1.43 bits per heavy atom. The summed E-state index contributed by atoms with van der Waals surface area (Å²) < 4.78 is 16.7. The molecule has 5 rings (SSSR count). The molecule has 188 valence electrons. The lowest BCUT2D eigenvalue weighted by Gasteiger charge is -2.35. The van der Waals surface area contributed by atoms with E-state index in [9.17, 15) is 5.11 Å². The van der Waals surface area contributed by atoms with Gasteiger partial charge in [0, 0.05) is 39.3 Å². The zero-order chi connectivity index (χ0) is 22.5. The highest BCUT2D eigenvalue weighted by Crippen LogP contribution is 2.32. The van der Waals surface area contributed by atoms with Crippen molar-refractivity contribution in [2.45, 2.75) is 12.6 Å². The van der Waals surface area contributed by atoms with Crippen LogP contribution in [0, 0.1) is 0 Å². The van der Waals surface area contributed by atoms with E-state index in [4.69, 9.17) is 14.2 Å². The van der Waals surface area contributed by atoms with Gasteiger partial charge in [-0.1, -0.05) is 48.5 Å². The van der Waals surface area contributed by atoms with Gasteiger partial charge in [0.2, 0.25) is 6.79 Å². The molecule has 1 saturated heterocycles. The number of halogens is 2. The second-order valence-electron chi connectivity index (χ2n) is 8.62. The molecule has 3 aromatic rings. The number of piperazine rings is 1. The predicted octanol–water partition coefficient (Wildman–Crippen LogP) is 4.48. The van der Waals surface area contributed by atoms with Gasteiger partial charge < -0.3 is 19.3 Å². The third kappa shape index (κ3) is 7.26. The van der Waals surface area contributed by atoms with E-state index in [2.05, 4.69) is 46.2 Å². The van der Waals surface area contributed by atoms with E-state index >= 15 is 0 Å². The normalized spacial score (nSPS) is 16.1. The first-order chi connectivity index (χ1) is 16.2. The molecule has 0 aromatic heterocycles. The first-order valence-electron chi connectivity index (χ1n) is 11.5. The van der Waals surface area contributed by atoms with E-state index in [0.29, 0.717) is 19.9 Å². The Morgan fingerprint density at radius 1 is 0.771 bits per heavy atom. The Kier molecular flexibility index (Phi) is 10.1. The lowest BCUT2D eigenvalue weighted by Crippen LogP contribution is -2.48. The summed E-state index contributed by atoms with van der Waals surface area (Å²) in [6, 6.07) is 24.5. The smallest absolute Gasteiger partial charge is 0.231 e. The van der Waals surface area contributed by atoms with Crippen LogP contribution in [0.3, 0.4) is 0 Å². The molecule has 0 radical (unpaired) electrons. The average Bonchev–Trinajstić information content (AvgIpc) is 3.33. The summed E-state index contributed by atoms with van der Waals surface area (Å²) in [4.78, 5) is 4.74. The molecule has 1 N–H and O–H groups in total. The molecule has 0 aliphatic carbocycles. The lowest BCUT2D eigenvalue weighted by molar-refractivity contribution is 0.0446. The van der Waals surface area contributed by atoms with Crippen LogP contribution in [-0.4, -0.2) is 67.1 Å². The number of nitrogens with zero attached hydrogens (tertiary/aromatic N) is 2. The highest BCUT2D eigenvalue weighted by atomic mass is 35.5. The van der Waals surface area contributed by atoms with Crippen LogP contribution in [0.15, 0.2) is 72.8 Å². The Morgan fingerprint density at radius 3 is 2.17 bits per heavy atom. The van der Waals surface area contributed by atoms with Crippen molar-refractivity contribution < 1.29 is 19.3 Å². The minimum Gasteiger partial charge on any atom is -0.491 e. The topological polar surface area (TPSA) is 54.4 Å². The molecule has 0 saturated carbocycles. The van der Waals surface area contributed by atoms with Crippen molar-refractivity contribution in [3.05, 3.63) is 78.4 Å². The summed E-state index contributed by atoms with van der Waals surface area (Å²) in [5, 5.41) is 10.5. The number of rotatable bonds is 8. The molecule has 0 amide bonds. The second-order valence-corrected chi connectivity index (χ2v) is 8.62. The maximum atomic E-state index is 10.5. The molecule has 3 aromatic carbocycles. The number of fused-ring (bicyclic) bond motifs is 1. The quantitative estimate of drug-likeness (QED) is 0.474. The molecule has 0 bridgehead atoms. The molecule has 1 fully saturated rings. The van der Waals surface area contributed by atoms with Crippen LogP contribution < -0.4 is 14.2 Å². The molecule has 1 unspecified atom stereocenters. The number of aliphatic hydroxyl groups excluding tert-OH is 1. The van der Waals surface area contributed by atoms with Gasteiger partial charge in [-0.25, -0.2) is 0 Å². The number of hydrogen-bond acceptors (Lipinski definition) is 6. The van der Waals surface area contributed by atoms with Gasteiger partial charge >= 0.3 is 0 Å². The van der Waals surface area contributed by atoms with Gasteiger partial charge in [0.15, 0.2) is 11.5 Å². The van der Waals surface area contributed by atoms with Crippen LogP contribution in [0.25, 0.3) is 11.1 Å². The summed E-state index contributed by atoms with van der Waals surface area (Å²) >= 11 is 0. The standard InChI is InChI=1S/C27H30N2O4.2ClH/c30-24(19-31-25-9-7-23(8-10-25)22-4-2-1-3-5-22)18-29-14-12-28(13-15-29)17-21-6-11-26-27(16-21)33-20-32-26;;/h1-11,16,24,30H,12-15,17-20H2;2*1H. The Hall–Kier alpha value is -2.48. The van der Waals surface area contributed by atoms with Gasteiger partial charge in [-0.2, -0.15) is 0 Å². The molecular formula is C27H32Cl2N2O4. The predicted molar refractivity (Wildman–Crippen MR) is 142 cm³/mol. The molecule has 2 heterocycles.